The molecule has 0 amide bonds. The van der Waals surface area contributed by atoms with E-state index in [1.807, 2.05) is 18.3 Å². The first-order valence-electron chi connectivity index (χ1n) is 13.1. The number of hydrogen-bond donors (Lipinski definition) is 0. The Kier molecular flexibility index (Phi) is 7.40. The van der Waals surface area contributed by atoms with Crippen molar-refractivity contribution < 1.29 is 13.9 Å². The molecule has 0 N–H and O–H groups in total. The summed E-state index contributed by atoms with van der Waals surface area (Å²) in [7, 11) is 0. The molecule has 1 spiro atoms. The highest BCUT2D eigenvalue weighted by Crippen LogP contribution is 2.49. The quantitative estimate of drug-likeness (QED) is 0.418. The zero-order valence-corrected chi connectivity index (χ0v) is 20.1. The van der Waals surface area contributed by atoms with Crippen LogP contribution in [-0.2, 0) is 14.9 Å². The predicted molar refractivity (Wildman–Crippen MR) is 133 cm³/mol. The van der Waals surface area contributed by atoms with Crippen molar-refractivity contribution >= 4 is 6.21 Å². The smallest absolute Gasteiger partial charge is 0.113 e. The Hall–Kier alpha value is -2.11. The molecule has 3 atom stereocenters. The second-order valence-electron chi connectivity index (χ2n) is 10.3. The Morgan fingerprint density at radius 2 is 1.88 bits per heavy atom. The highest BCUT2D eigenvalue weighted by atomic mass is 19.1. The number of hydrogen-bond acceptors (Lipinski definition) is 4. The number of aromatic nitrogens is 1. The minimum atomic E-state index is -0.437. The summed E-state index contributed by atoms with van der Waals surface area (Å²) in [5.41, 5.74) is 3.75. The highest BCUT2D eigenvalue weighted by molar-refractivity contribution is 5.69. The summed E-state index contributed by atoms with van der Waals surface area (Å²) in [5, 5.41) is 0. The first kappa shape index (κ1) is 23.6. The number of aliphatic imine (C=N–C) groups is 1. The predicted octanol–water partition coefficient (Wildman–Crippen LogP) is 6.51. The third-order valence-electron chi connectivity index (χ3n) is 8.26. The Morgan fingerprint density at radius 3 is 2.68 bits per heavy atom. The third-order valence-corrected chi connectivity index (χ3v) is 8.26. The van der Waals surface area contributed by atoms with E-state index in [1.54, 1.807) is 0 Å². The molecular formula is C29H37FN2O2. The fraction of sp³-hybridized carbons (Fsp3) is 0.586. The standard InChI is InChI=1S/C29H37FN2O2/c30-16-20-33-26-11-10-23(24-7-1-2-8-25(24)26)21-31-18-14-28(27-9-3-6-17-32-27)15-19-34-29(22-28)12-4-5-13-29/h1-3,6-9,17,21,23,26H,4-5,10-16,18-20,22H2/t23?,26-,28+/m0/s1. The van der Waals surface area contributed by atoms with Gasteiger partial charge in [-0.15, -0.1) is 0 Å². The highest BCUT2D eigenvalue weighted by Gasteiger charge is 2.48. The fourth-order valence-corrected chi connectivity index (χ4v) is 6.57. The topological polar surface area (TPSA) is 43.7 Å². The van der Waals surface area contributed by atoms with Crippen LogP contribution < -0.4 is 0 Å². The summed E-state index contributed by atoms with van der Waals surface area (Å²) in [6, 6.07) is 14.7. The van der Waals surface area contributed by atoms with E-state index in [0.717, 1.165) is 45.3 Å². The SMILES string of the molecule is FCCO[C@H]1CCC(C=NCC[C@@]2(c3ccccn3)CCOC3(CCCC3)C2)c2ccccc21. The van der Waals surface area contributed by atoms with Gasteiger partial charge in [0.05, 0.1) is 18.3 Å². The Labute approximate surface area is 203 Å². The summed E-state index contributed by atoms with van der Waals surface area (Å²) in [5.74, 6) is 0.295. The maximum Gasteiger partial charge on any atom is 0.113 e. The zero-order chi connectivity index (χ0) is 23.3. The van der Waals surface area contributed by atoms with Gasteiger partial charge < -0.3 is 9.47 Å². The lowest BCUT2D eigenvalue weighted by molar-refractivity contribution is -0.104. The van der Waals surface area contributed by atoms with E-state index in [0.29, 0.717) is 5.92 Å². The molecule has 5 rings (SSSR count). The summed E-state index contributed by atoms with van der Waals surface area (Å²) < 4.78 is 24.8. The molecule has 2 aromatic rings. The zero-order valence-electron chi connectivity index (χ0n) is 20.1. The molecule has 0 radical (unpaired) electrons. The molecule has 1 saturated carbocycles. The van der Waals surface area contributed by atoms with Gasteiger partial charge in [0, 0.05) is 42.6 Å². The summed E-state index contributed by atoms with van der Waals surface area (Å²) >= 11 is 0. The van der Waals surface area contributed by atoms with Crippen LogP contribution in [0.1, 0.15) is 86.6 Å². The van der Waals surface area contributed by atoms with Crippen LogP contribution in [0, 0.1) is 0 Å². The Morgan fingerprint density at radius 1 is 1.06 bits per heavy atom. The maximum atomic E-state index is 12.7. The minimum Gasteiger partial charge on any atom is -0.375 e. The van der Waals surface area contributed by atoms with Crippen LogP contribution in [0.25, 0.3) is 0 Å². The van der Waals surface area contributed by atoms with Gasteiger partial charge >= 0.3 is 0 Å². The fourth-order valence-electron chi connectivity index (χ4n) is 6.57. The number of halogens is 1. The molecular weight excluding hydrogens is 427 g/mol. The van der Waals surface area contributed by atoms with Crippen molar-refractivity contribution in [3.63, 3.8) is 0 Å². The van der Waals surface area contributed by atoms with Crippen LogP contribution in [-0.4, -0.2) is 43.2 Å². The number of rotatable bonds is 8. The molecule has 1 saturated heterocycles. The van der Waals surface area contributed by atoms with Crippen molar-refractivity contribution in [2.45, 2.75) is 80.8 Å². The van der Waals surface area contributed by atoms with Gasteiger partial charge in [-0.2, -0.15) is 0 Å². The molecule has 1 unspecified atom stereocenters. The number of benzene rings is 1. The minimum absolute atomic E-state index is 0.00568. The average molecular weight is 465 g/mol. The van der Waals surface area contributed by atoms with Gasteiger partial charge in [0.2, 0.25) is 0 Å². The van der Waals surface area contributed by atoms with Crippen molar-refractivity contribution in [1.82, 2.24) is 4.98 Å². The summed E-state index contributed by atoms with van der Waals surface area (Å²) in [6.07, 6.45) is 13.9. The van der Waals surface area contributed by atoms with Gasteiger partial charge in [-0.3, -0.25) is 9.98 Å². The first-order valence-corrected chi connectivity index (χ1v) is 13.1. The van der Waals surface area contributed by atoms with Crippen LogP contribution in [0.5, 0.6) is 0 Å². The lowest BCUT2D eigenvalue weighted by atomic mass is 9.68. The average Bonchev–Trinajstić information content (AvgIpc) is 3.33. The summed E-state index contributed by atoms with van der Waals surface area (Å²) in [4.78, 5) is 9.78. The third kappa shape index (κ3) is 4.96. The van der Waals surface area contributed by atoms with Crippen LogP contribution in [0.15, 0.2) is 53.7 Å². The van der Waals surface area contributed by atoms with Crippen LogP contribution >= 0.6 is 0 Å². The van der Waals surface area contributed by atoms with E-state index in [1.165, 1.54) is 42.5 Å². The monoisotopic (exact) mass is 464 g/mol. The Bertz CT molecular complexity index is 960. The Balaban J connectivity index is 1.29. The van der Waals surface area contributed by atoms with Crippen molar-refractivity contribution in [3.05, 3.63) is 65.5 Å². The maximum absolute atomic E-state index is 12.7. The van der Waals surface area contributed by atoms with Crippen molar-refractivity contribution in [2.24, 2.45) is 4.99 Å². The van der Waals surface area contributed by atoms with E-state index >= 15 is 0 Å². The van der Waals surface area contributed by atoms with Crippen LogP contribution in [0.3, 0.4) is 0 Å². The lowest BCUT2D eigenvalue weighted by Gasteiger charge is -2.46. The molecule has 1 aliphatic heterocycles. The molecule has 0 bridgehead atoms. The van der Waals surface area contributed by atoms with E-state index in [9.17, 15) is 4.39 Å². The first-order chi connectivity index (χ1) is 16.7. The second kappa shape index (κ2) is 10.7. The van der Waals surface area contributed by atoms with Gasteiger partial charge in [0.1, 0.15) is 6.67 Å². The number of pyridine rings is 1. The normalized spacial score (nSPS) is 28.4. The van der Waals surface area contributed by atoms with Gasteiger partial charge in [-0.1, -0.05) is 43.2 Å². The largest absolute Gasteiger partial charge is 0.375 e. The molecule has 182 valence electrons. The molecule has 1 aromatic carbocycles. The van der Waals surface area contributed by atoms with E-state index in [2.05, 4.69) is 36.5 Å². The molecule has 5 heteroatoms. The molecule has 2 heterocycles. The molecule has 2 fully saturated rings. The van der Waals surface area contributed by atoms with Crippen molar-refractivity contribution in [3.8, 4) is 0 Å². The molecule has 3 aliphatic rings. The van der Waals surface area contributed by atoms with Gasteiger partial charge in [0.25, 0.3) is 0 Å². The number of alkyl halides is 1. The number of ether oxygens (including phenoxy) is 2. The molecule has 2 aliphatic carbocycles. The van der Waals surface area contributed by atoms with Crippen LogP contribution in [0.2, 0.25) is 0 Å². The number of fused-ring (bicyclic) bond motifs is 1. The van der Waals surface area contributed by atoms with Gasteiger partial charge in [0.15, 0.2) is 0 Å². The van der Waals surface area contributed by atoms with E-state index in [4.69, 9.17) is 19.5 Å². The van der Waals surface area contributed by atoms with Crippen LogP contribution in [0.4, 0.5) is 4.39 Å². The van der Waals surface area contributed by atoms with Gasteiger partial charge in [-0.25, -0.2) is 4.39 Å². The molecule has 4 nitrogen and oxygen atoms in total. The van der Waals surface area contributed by atoms with Crippen molar-refractivity contribution in [2.75, 3.05) is 26.4 Å². The molecule has 34 heavy (non-hydrogen) atoms. The number of nitrogens with zero attached hydrogens (tertiary/aromatic N) is 2. The lowest BCUT2D eigenvalue weighted by Crippen LogP contribution is -2.46. The van der Waals surface area contributed by atoms with Crippen molar-refractivity contribution in [1.29, 1.82) is 0 Å². The van der Waals surface area contributed by atoms with Gasteiger partial charge in [-0.05, 0) is 68.2 Å². The van der Waals surface area contributed by atoms with E-state index in [-0.39, 0.29) is 23.7 Å². The molecule has 1 aromatic heterocycles. The second-order valence-corrected chi connectivity index (χ2v) is 10.3. The van der Waals surface area contributed by atoms with E-state index < -0.39 is 6.67 Å². The summed E-state index contributed by atoms with van der Waals surface area (Å²) in [6.45, 7) is 1.34.